The van der Waals surface area contributed by atoms with E-state index in [-0.39, 0.29) is 5.70 Å². The number of esters is 1. The third-order valence-electron chi connectivity index (χ3n) is 3.96. The van der Waals surface area contributed by atoms with Gasteiger partial charge in [0.15, 0.2) is 5.70 Å². The van der Waals surface area contributed by atoms with E-state index in [0.29, 0.717) is 22.4 Å². The largest absolute Gasteiger partial charge is 0.457 e. The summed E-state index contributed by atoms with van der Waals surface area (Å²) < 4.78 is 11.0. The standard InChI is InChI=1S/C21H14ClNO3/c1-13-6-8-14(9-7-13)20-23-18(21(24)26-20)12-15-10-11-19(25-15)16-4-2-3-5-17(16)22/h2-12H,1H3/b18-12-. The number of hydrogen-bond donors (Lipinski definition) is 0. The van der Waals surface area contributed by atoms with Crippen LogP contribution in [0.25, 0.3) is 17.4 Å². The minimum absolute atomic E-state index is 0.195. The van der Waals surface area contributed by atoms with Crippen molar-refractivity contribution < 1.29 is 13.9 Å². The number of furan rings is 1. The Morgan fingerprint density at radius 2 is 1.77 bits per heavy atom. The third kappa shape index (κ3) is 3.19. The summed E-state index contributed by atoms with van der Waals surface area (Å²) in [4.78, 5) is 16.4. The van der Waals surface area contributed by atoms with Crippen LogP contribution in [0.3, 0.4) is 0 Å². The van der Waals surface area contributed by atoms with Crippen molar-refractivity contribution in [3.05, 3.63) is 88.3 Å². The van der Waals surface area contributed by atoms with Gasteiger partial charge in [-0.2, -0.15) is 0 Å². The number of cyclic esters (lactones) is 1. The van der Waals surface area contributed by atoms with Gasteiger partial charge in [-0.1, -0.05) is 41.4 Å². The smallest absolute Gasteiger partial charge is 0.363 e. The Morgan fingerprint density at radius 3 is 2.54 bits per heavy atom. The summed E-state index contributed by atoms with van der Waals surface area (Å²) in [5.74, 6) is 0.910. The van der Waals surface area contributed by atoms with Crippen molar-refractivity contribution in [3.63, 3.8) is 0 Å². The fourth-order valence-electron chi connectivity index (χ4n) is 2.60. The summed E-state index contributed by atoms with van der Waals surface area (Å²) in [6.45, 7) is 1.99. The molecular weight excluding hydrogens is 350 g/mol. The number of hydrogen-bond acceptors (Lipinski definition) is 4. The highest BCUT2D eigenvalue weighted by molar-refractivity contribution is 6.33. The maximum atomic E-state index is 12.1. The number of benzene rings is 2. The molecule has 1 aliphatic rings. The molecule has 0 saturated carbocycles. The molecule has 0 fully saturated rings. The highest BCUT2D eigenvalue weighted by Crippen LogP contribution is 2.30. The summed E-state index contributed by atoms with van der Waals surface area (Å²) >= 11 is 6.19. The second-order valence-electron chi connectivity index (χ2n) is 5.88. The van der Waals surface area contributed by atoms with Crippen LogP contribution in [0, 0.1) is 6.92 Å². The first-order valence-corrected chi connectivity index (χ1v) is 8.42. The first-order chi connectivity index (χ1) is 12.6. The monoisotopic (exact) mass is 363 g/mol. The van der Waals surface area contributed by atoms with E-state index in [0.717, 1.165) is 16.7 Å². The lowest BCUT2D eigenvalue weighted by Gasteiger charge is -1.99. The molecule has 128 valence electrons. The van der Waals surface area contributed by atoms with Crippen LogP contribution >= 0.6 is 11.6 Å². The maximum Gasteiger partial charge on any atom is 0.363 e. The highest BCUT2D eigenvalue weighted by atomic mass is 35.5. The van der Waals surface area contributed by atoms with Gasteiger partial charge in [0.2, 0.25) is 5.90 Å². The second-order valence-corrected chi connectivity index (χ2v) is 6.29. The summed E-state index contributed by atoms with van der Waals surface area (Å²) in [7, 11) is 0. The van der Waals surface area contributed by atoms with Crippen LogP contribution in [-0.2, 0) is 9.53 Å². The number of halogens is 1. The lowest BCUT2D eigenvalue weighted by atomic mass is 10.1. The molecule has 0 spiro atoms. The zero-order valence-electron chi connectivity index (χ0n) is 13.9. The molecule has 0 atom stereocenters. The zero-order chi connectivity index (χ0) is 18.1. The molecule has 26 heavy (non-hydrogen) atoms. The molecule has 0 bridgehead atoms. The molecule has 0 radical (unpaired) electrons. The number of ether oxygens (including phenoxy) is 1. The van der Waals surface area contributed by atoms with Crippen LogP contribution < -0.4 is 0 Å². The van der Waals surface area contributed by atoms with Gasteiger partial charge < -0.3 is 9.15 Å². The van der Waals surface area contributed by atoms with Gasteiger partial charge in [-0.05, 0) is 43.3 Å². The molecule has 0 aliphatic carbocycles. The van der Waals surface area contributed by atoms with Gasteiger partial charge in [-0.25, -0.2) is 9.79 Å². The normalized spacial score (nSPS) is 15.2. The van der Waals surface area contributed by atoms with E-state index < -0.39 is 5.97 Å². The van der Waals surface area contributed by atoms with Crippen molar-refractivity contribution in [3.8, 4) is 11.3 Å². The van der Waals surface area contributed by atoms with Crippen molar-refractivity contribution >= 4 is 29.5 Å². The number of carbonyl (C=O) groups is 1. The molecule has 3 aromatic rings. The Labute approximate surface area is 155 Å². The predicted octanol–water partition coefficient (Wildman–Crippen LogP) is 5.25. The summed E-state index contributed by atoms with van der Waals surface area (Å²) in [5, 5.41) is 0.598. The first-order valence-electron chi connectivity index (χ1n) is 8.04. The van der Waals surface area contributed by atoms with Crippen LogP contribution in [0.15, 0.2) is 75.8 Å². The SMILES string of the molecule is Cc1ccc(C2=N/C(=C\c3ccc(-c4ccccc4Cl)o3)C(=O)O2)cc1. The van der Waals surface area contributed by atoms with Crippen molar-refractivity contribution in [2.75, 3.05) is 0 Å². The lowest BCUT2D eigenvalue weighted by Crippen LogP contribution is -2.05. The molecular formula is C21H14ClNO3. The Balaban J connectivity index is 1.63. The van der Waals surface area contributed by atoms with Crippen LogP contribution in [0.4, 0.5) is 0 Å². The quantitative estimate of drug-likeness (QED) is 0.471. The van der Waals surface area contributed by atoms with E-state index in [1.54, 1.807) is 24.3 Å². The Morgan fingerprint density at radius 1 is 1.00 bits per heavy atom. The molecule has 5 heteroatoms. The van der Waals surface area contributed by atoms with Gasteiger partial charge >= 0.3 is 5.97 Å². The molecule has 2 aromatic carbocycles. The van der Waals surface area contributed by atoms with Gasteiger partial charge in [0.05, 0.1) is 5.02 Å². The number of rotatable bonds is 3. The van der Waals surface area contributed by atoms with Gasteiger partial charge in [-0.3, -0.25) is 0 Å². The van der Waals surface area contributed by atoms with Gasteiger partial charge in [0.1, 0.15) is 11.5 Å². The average molecular weight is 364 g/mol. The first kappa shape index (κ1) is 16.4. The zero-order valence-corrected chi connectivity index (χ0v) is 14.7. The van der Waals surface area contributed by atoms with E-state index in [2.05, 4.69) is 4.99 Å². The minimum Gasteiger partial charge on any atom is -0.457 e. The molecule has 4 rings (SSSR count). The third-order valence-corrected chi connectivity index (χ3v) is 4.29. The molecule has 1 aliphatic heterocycles. The highest BCUT2D eigenvalue weighted by Gasteiger charge is 2.24. The lowest BCUT2D eigenvalue weighted by molar-refractivity contribution is -0.129. The van der Waals surface area contributed by atoms with E-state index in [9.17, 15) is 4.79 Å². The summed E-state index contributed by atoms with van der Waals surface area (Å²) in [6.07, 6.45) is 1.56. The molecule has 0 unspecified atom stereocenters. The minimum atomic E-state index is -0.503. The van der Waals surface area contributed by atoms with Crippen molar-refractivity contribution in [1.29, 1.82) is 0 Å². The van der Waals surface area contributed by atoms with E-state index in [4.69, 9.17) is 20.8 Å². The average Bonchev–Trinajstić information content (AvgIpc) is 3.24. The summed E-state index contributed by atoms with van der Waals surface area (Å²) in [5.41, 5.74) is 2.86. The van der Waals surface area contributed by atoms with E-state index >= 15 is 0 Å². The molecule has 0 N–H and O–H groups in total. The van der Waals surface area contributed by atoms with Crippen LogP contribution in [0.1, 0.15) is 16.9 Å². The summed E-state index contributed by atoms with van der Waals surface area (Å²) in [6, 6.07) is 18.6. The van der Waals surface area contributed by atoms with Gasteiger partial charge in [0, 0.05) is 17.2 Å². The predicted molar refractivity (Wildman–Crippen MR) is 101 cm³/mol. The molecule has 1 aromatic heterocycles. The second kappa shape index (κ2) is 6.65. The Hall–Kier alpha value is -3.11. The Bertz CT molecular complexity index is 1050. The molecule has 2 heterocycles. The topological polar surface area (TPSA) is 51.8 Å². The van der Waals surface area contributed by atoms with Crippen LogP contribution in [0.5, 0.6) is 0 Å². The van der Waals surface area contributed by atoms with Gasteiger partial charge in [-0.15, -0.1) is 0 Å². The van der Waals surface area contributed by atoms with Gasteiger partial charge in [0.25, 0.3) is 0 Å². The van der Waals surface area contributed by atoms with Crippen molar-refractivity contribution in [1.82, 2.24) is 0 Å². The molecule has 0 amide bonds. The molecule has 0 saturated heterocycles. The van der Waals surface area contributed by atoms with Crippen LogP contribution in [-0.4, -0.2) is 11.9 Å². The van der Waals surface area contributed by atoms with E-state index in [1.165, 1.54) is 0 Å². The van der Waals surface area contributed by atoms with Crippen molar-refractivity contribution in [2.24, 2.45) is 4.99 Å². The maximum absolute atomic E-state index is 12.1. The number of aliphatic imine (C=N–C) groups is 1. The fourth-order valence-corrected chi connectivity index (χ4v) is 2.83. The van der Waals surface area contributed by atoms with Crippen molar-refractivity contribution in [2.45, 2.75) is 6.92 Å². The number of nitrogens with zero attached hydrogens (tertiary/aromatic N) is 1. The number of aryl methyl sites for hydroxylation is 1. The molecule has 4 nitrogen and oxygen atoms in total. The Kier molecular flexibility index (Phi) is 4.19. The van der Waals surface area contributed by atoms with Crippen LogP contribution in [0.2, 0.25) is 5.02 Å². The van der Waals surface area contributed by atoms with E-state index in [1.807, 2.05) is 49.4 Å². The fraction of sp³-hybridized carbons (Fsp3) is 0.0476. The number of carbonyl (C=O) groups excluding carboxylic acids is 1.